The van der Waals surface area contributed by atoms with Gasteiger partial charge < -0.3 is 9.30 Å². The Kier molecular flexibility index (Phi) is 7.96. The lowest BCUT2D eigenvalue weighted by atomic mass is 10.1. The van der Waals surface area contributed by atoms with Crippen molar-refractivity contribution >= 4 is 17.5 Å². The van der Waals surface area contributed by atoms with Crippen LogP contribution in [0.25, 0.3) is 0 Å². The molecule has 0 spiro atoms. The minimum absolute atomic E-state index is 0.0740. The molecule has 1 aromatic heterocycles. The van der Waals surface area contributed by atoms with Crippen molar-refractivity contribution in [2.24, 2.45) is 0 Å². The van der Waals surface area contributed by atoms with Gasteiger partial charge >= 0.3 is 0 Å². The van der Waals surface area contributed by atoms with Crippen LogP contribution in [-0.4, -0.2) is 50.9 Å². The smallest absolute Gasteiger partial charge is 0.192 e. The lowest BCUT2D eigenvalue weighted by Crippen LogP contribution is -2.30. The molecular formula is C25H30N4O2S. The van der Waals surface area contributed by atoms with Gasteiger partial charge in [0.1, 0.15) is 11.6 Å². The number of hydrogen-bond donors (Lipinski definition) is 0. The zero-order chi connectivity index (χ0) is 22.2. The fourth-order valence-electron chi connectivity index (χ4n) is 3.90. The minimum atomic E-state index is 0.0740. The third-order valence-electron chi connectivity index (χ3n) is 5.61. The Morgan fingerprint density at radius 3 is 2.44 bits per heavy atom. The molecule has 0 radical (unpaired) electrons. The van der Waals surface area contributed by atoms with Crippen molar-refractivity contribution < 1.29 is 9.53 Å². The molecular weight excluding hydrogens is 420 g/mol. The molecule has 0 N–H and O–H groups in total. The summed E-state index contributed by atoms with van der Waals surface area (Å²) >= 11 is 1.46. The van der Waals surface area contributed by atoms with Crippen LogP contribution in [0.4, 0.5) is 0 Å². The lowest BCUT2D eigenvalue weighted by molar-refractivity contribution is 0.102. The maximum absolute atomic E-state index is 12.8. The second kappa shape index (κ2) is 11.3. The van der Waals surface area contributed by atoms with E-state index in [-0.39, 0.29) is 5.78 Å². The molecule has 0 bridgehead atoms. The molecule has 3 aromatic rings. The van der Waals surface area contributed by atoms with Crippen LogP contribution in [0.15, 0.2) is 59.8 Å². The molecule has 7 heteroatoms. The van der Waals surface area contributed by atoms with E-state index in [4.69, 9.17) is 4.74 Å². The van der Waals surface area contributed by atoms with Crippen molar-refractivity contribution in [3.63, 3.8) is 0 Å². The van der Waals surface area contributed by atoms with Gasteiger partial charge in [-0.1, -0.05) is 48.5 Å². The second-order valence-corrected chi connectivity index (χ2v) is 8.92. The quantitative estimate of drug-likeness (QED) is 0.330. The van der Waals surface area contributed by atoms with Crippen LogP contribution < -0.4 is 4.74 Å². The summed E-state index contributed by atoms with van der Waals surface area (Å²) in [6.45, 7) is 6.28. The molecule has 0 unspecified atom stereocenters. The van der Waals surface area contributed by atoms with E-state index >= 15 is 0 Å². The summed E-state index contributed by atoms with van der Waals surface area (Å²) in [5, 5.41) is 9.76. The third kappa shape index (κ3) is 5.99. The van der Waals surface area contributed by atoms with Crippen LogP contribution in [0.3, 0.4) is 0 Å². The van der Waals surface area contributed by atoms with Crippen LogP contribution in [0, 0.1) is 0 Å². The molecule has 32 heavy (non-hydrogen) atoms. The fourth-order valence-corrected chi connectivity index (χ4v) is 4.75. The summed E-state index contributed by atoms with van der Waals surface area (Å²) in [6, 6.07) is 17.7. The predicted octanol–water partition coefficient (Wildman–Crippen LogP) is 4.69. The number of hydrogen-bond acceptors (Lipinski definition) is 6. The van der Waals surface area contributed by atoms with Crippen molar-refractivity contribution in [1.82, 2.24) is 19.7 Å². The number of benzene rings is 2. The average Bonchev–Trinajstić information content (AvgIpc) is 3.20. The van der Waals surface area contributed by atoms with E-state index in [1.54, 1.807) is 0 Å². The maximum Gasteiger partial charge on any atom is 0.192 e. The van der Waals surface area contributed by atoms with Crippen LogP contribution in [0.2, 0.25) is 0 Å². The molecule has 0 amide bonds. The zero-order valence-electron chi connectivity index (χ0n) is 18.6. The zero-order valence-corrected chi connectivity index (χ0v) is 19.4. The van der Waals surface area contributed by atoms with Gasteiger partial charge in [0.25, 0.3) is 0 Å². The van der Waals surface area contributed by atoms with Crippen molar-refractivity contribution in [3.8, 4) is 5.75 Å². The largest absolute Gasteiger partial charge is 0.494 e. The van der Waals surface area contributed by atoms with Gasteiger partial charge in [-0.25, -0.2) is 0 Å². The van der Waals surface area contributed by atoms with Crippen LogP contribution >= 0.6 is 11.8 Å². The first kappa shape index (κ1) is 22.6. The number of Topliss-reactive ketones (excluding diaryl/α,β-unsaturated/α-hetero) is 1. The Balaban J connectivity index is 1.47. The van der Waals surface area contributed by atoms with Crippen molar-refractivity contribution in [1.29, 1.82) is 0 Å². The first-order valence-corrected chi connectivity index (χ1v) is 12.3. The summed E-state index contributed by atoms with van der Waals surface area (Å²) in [5.41, 5.74) is 1.88. The molecule has 4 rings (SSSR count). The highest BCUT2D eigenvalue weighted by Gasteiger charge is 2.19. The van der Waals surface area contributed by atoms with E-state index in [1.807, 2.05) is 49.4 Å². The Morgan fingerprint density at radius 1 is 0.969 bits per heavy atom. The third-order valence-corrected chi connectivity index (χ3v) is 6.58. The summed E-state index contributed by atoms with van der Waals surface area (Å²) in [6.07, 6.45) is 3.79. The SMILES string of the molecule is CCOc1ccc(C(=O)CSc2nnc(CN3CCCCC3)n2Cc2ccccc2)cc1. The van der Waals surface area contributed by atoms with Gasteiger partial charge in [0.05, 0.1) is 25.4 Å². The number of likely N-dealkylation sites (tertiary alicyclic amines) is 1. The Hall–Kier alpha value is -2.64. The molecule has 2 aromatic carbocycles. The highest BCUT2D eigenvalue weighted by Crippen LogP contribution is 2.22. The summed E-state index contributed by atoms with van der Waals surface area (Å²) < 4.78 is 7.63. The number of carbonyl (C=O) groups is 1. The summed E-state index contributed by atoms with van der Waals surface area (Å²) in [5.74, 6) is 2.14. The molecule has 0 saturated carbocycles. The normalized spacial score (nSPS) is 14.4. The first-order valence-electron chi connectivity index (χ1n) is 11.3. The molecule has 1 aliphatic rings. The topological polar surface area (TPSA) is 60.2 Å². The average molecular weight is 451 g/mol. The maximum atomic E-state index is 12.8. The highest BCUT2D eigenvalue weighted by atomic mass is 32.2. The Bertz CT molecular complexity index is 999. The lowest BCUT2D eigenvalue weighted by Gasteiger charge is -2.26. The van der Waals surface area contributed by atoms with Gasteiger partial charge in [0.2, 0.25) is 0 Å². The number of rotatable bonds is 10. The second-order valence-electron chi connectivity index (χ2n) is 7.98. The number of piperidine rings is 1. The van der Waals surface area contributed by atoms with Gasteiger partial charge in [0, 0.05) is 5.56 Å². The number of ketones is 1. The van der Waals surface area contributed by atoms with Crippen LogP contribution in [-0.2, 0) is 13.1 Å². The van der Waals surface area contributed by atoms with E-state index in [9.17, 15) is 4.79 Å². The van der Waals surface area contributed by atoms with E-state index in [1.165, 1.54) is 36.6 Å². The summed E-state index contributed by atoms with van der Waals surface area (Å²) in [7, 11) is 0. The number of ether oxygens (including phenoxy) is 1. The highest BCUT2D eigenvalue weighted by molar-refractivity contribution is 7.99. The van der Waals surface area contributed by atoms with Gasteiger partial charge in [-0.2, -0.15) is 0 Å². The van der Waals surface area contributed by atoms with Crippen molar-refractivity contribution in [2.75, 3.05) is 25.4 Å². The standard InChI is InChI=1S/C25H30N4O2S/c1-2-31-22-13-11-21(12-14-22)23(30)19-32-25-27-26-24(18-28-15-7-4-8-16-28)29(25)17-20-9-5-3-6-10-20/h3,5-6,9-14H,2,4,7-8,15-19H2,1H3. The number of carbonyl (C=O) groups excluding carboxylic acids is 1. The Labute approximate surface area is 194 Å². The monoisotopic (exact) mass is 450 g/mol. The molecule has 6 nitrogen and oxygen atoms in total. The molecule has 1 saturated heterocycles. The predicted molar refractivity (Wildman–Crippen MR) is 127 cm³/mol. The number of nitrogens with zero attached hydrogens (tertiary/aromatic N) is 4. The van der Waals surface area contributed by atoms with Crippen LogP contribution in [0.5, 0.6) is 5.75 Å². The van der Waals surface area contributed by atoms with Gasteiger partial charge in [0.15, 0.2) is 10.9 Å². The molecule has 0 atom stereocenters. The minimum Gasteiger partial charge on any atom is -0.494 e. The van der Waals surface area contributed by atoms with Gasteiger partial charge in [-0.3, -0.25) is 9.69 Å². The fraction of sp³-hybridized carbons (Fsp3) is 0.400. The number of aromatic nitrogens is 3. The molecule has 1 fully saturated rings. The Morgan fingerprint density at radius 2 is 1.72 bits per heavy atom. The molecule has 168 valence electrons. The van der Waals surface area contributed by atoms with Crippen LogP contribution in [0.1, 0.15) is 47.9 Å². The first-order chi connectivity index (χ1) is 15.7. The number of thioether (sulfide) groups is 1. The van der Waals surface area contributed by atoms with E-state index in [0.717, 1.165) is 36.4 Å². The molecule has 2 heterocycles. The summed E-state index contributed by atoms with van der Waals surface area (Å²) in [4.78, 5) is 15.2. The van der Waals surface area contributed by atoms with Crippen molar-refractivity contribution in [3.05, 3.63) is 71.5 Å². The van der Waals surface area contributed by atoms with Gasteiger partial charge in [-0.15, -0.1) is 10.2 Å². The molecule has 1 aliphatic heterocycles. The van der Waals surface area contributed by atoms with E-state index in [2.05, 4.69) is 31.8 Å². The van der Waals surface area contributed by atoms with E-state index in [0.29, 0.717) is 24.5 Å². The van der Waals surface area contributed by atoms with Gasteiger partial charge in [-0.05, 0) is 62.7 Å². The van der Waals surface area contributed by atoms with E-state index < -0.39 is 0 Å². The molecule has 0 aliphatic carbocycles. The van der Waals surface area contributed by atoms with Crippen molar-refractivity contribution in [2.45, 2.75) is 44.4 Å².